The van der Waals surface area contributed by atoms with Crippen molar-refractivity contribution in [3.05, 3.63) is 0 Å². The highest BCUT2D eigenvalue weighted by Gasteiger charge is 2.30. The molecule has 2 atom stereocenters. The maximum atomic E-state index is 12.3. The zero-order chi connectivity index (χ0) is 17.4. The molecule has 0 saturated heterocycles. The van der Waals surface area contributed by atoms with E-state index >= 15 is 0 Å². The van der Waals surface area contributed by atoms with Crippen LogP contribution in [0.3, 0.4) is 0 Å². The van der Waals surface area contributed by atoms with E-state index in [2.05, 4.69) is 5.32 Å². The van der Waals surface area contributed by atoms with Gasteiger partial charge in [-0.25, -0.2) is 0 Å². The van der Waals surface area contributed by atoms with Gasteiger partial charge in [0.2, 0.25) is 11.7 Å². The Balaban J connectivity index is 2.66. The molecule has 2 unspecified atom stereocenters. The zero-order valence-corrected chi connectivity index (χ0v) is 14.2. The highest BCUT2D eigenvalue weighted by Crippen LogP contribution is 2.24. The first kappa shape index (κ1) is 19.7. The topological polar surface area (TPSA) is 127 Å². The quantitative estimate of drug-likeness (QED) is 0.326. The van der Waals surface area contributed by atoms with E-state index in [1.54, 1.807) is 10.3 Å². The number of rotatable bonds is 8. The van der Waals surface area contributed by atoms with E-state index in [1.165, 1.54) is 0 Å². The van der Waals surface area contributed by atoms with Crippen molar-refractivity contribution in [3.8, 4) is 0 Å². The lowest BCUT2D eigenvalue weighted by Crippen LogP contribution is -2.52. The van der Waals surface area contributed by atoms with Gasteiger partial charge in [-0.3, -0.25) is 24.0 Å². The number of hydrogen-bond donors (Lipinski definition) is 3. The molecule has 0 aromatic rings. The molecule has 0 bridgehead atoms. The van der Waals surface area contributed by atoms with Crippen molar-refractivity contribution in [2.45, 2.75) is 58.4 Å². The average molecular weight is 346 g/mol. The fourth-order valence-electron chi connectivity index (χ4n) is 2.67. The summed E-state index contributed by atoms with van der Waals surface area (Å²) in [7, 11) is 0. The third-order valence-corrected chi connectivity index (χ3v) is 4.06. The largest absolute Gasteiger partial charge is 0.759 e. The van der Waals surface area contributed by atoms with Gasteiger partial charge in [0.1, 0.15) is 0 Å². The summed E-state index contributed by atoms with van der Waals surface area (Å²) >= 11 is -2.71. The van der Waals surface area contributed by atoms with Gasteiger partial charge in [-0.05, 0) is 25.2 Å². The van der Waals surface area contributed by atoms with Gasteiger partial charge in [0.15, 0.2) is 0 Å². The minimum Gasteiger partial charge on any atom is -0.759 e. The van der Waals surface area contributed by atoms with E-state index in [0.717, 1.165) is 32.1 Å². The van der Waals surface area contributed by atoms with Crippen molar-refractivity contribution >= 4 is 28.9 Å². The standard InChI is InChI=1S/C14H25N3O5S/c1-9(2)8-11(12(18)14(20)16-17-23(21)22)15-13(19)10-6-4-3-5-7-10/h9-11,17H,3-8H2,1-2H3,(H,15,19)(H,16,20)(H,21,22)/p-1. The van der Waals surface area contributed by atoms with E-state index in [4.69, 9.17) is 0 Å². The van der Waals surface area contributed by atoms with Gasteiger partial charge in [0.25, 0.3) is 0 Å². The van der Waals surface area contributed by atoms with Gasteiger partial charge < -0.3 is 9.87 Å². The predicted octanol–water partition coefficient (Wildman–Crippen LogP) is 0.0816. The first-order valence-corrected chi connectivity index (χ1v) is 8.88. The summed E-state index contributed by atoms with van der Waals surface area (Å²) in [6, 6.07) is -0.952. The van der Waals surface area contributed by atoms with Crippen molar-refractivity contribution in [1.82, 2.24) is 15.6 Å². The summed E-state index contributed by atoms with van der Waals surface area (Å²) in [6.07, 6.45) is 4.97. The second-order valence-electron chi connectivity index (χ2n) is 6.18. The van der Waals surface area contributed by atoms with Crippen molar-refractivity contribution in [2.24, 2.45) is 11.8 Å². The maximum Gasteiger partial charge on any atom is 0.304 e. The Hall–Kier alpha value is -1.32. The number of hydrazine groups is 1. The van der Waals surface area contributed by atoms with E-state index < -0.39 is 29.0 Å². The molecule has 0 aliphatic heterocycles. The normalized spacial score (nSPS) is 18.3. The monoisotopic (exact) mass is 346 g/mol. The van der Waals surface area contributed by atoms with Gasteiger partial charge in [0.05, 0.1) is 6.04 Å². The average Bonchev–Trinajstić information content (AvgIpc) is 2.51. The smallest absolute Gasteiger partial charge is 0.304 e. The van der Waals surface area contributed by atoms with Gasteiger partial charge in [-0.1, -0.05) is 33.1 Å². The summed E-state index contributed by atoms with van der Waals surface area (Å²) in [6.45, 7) is 3.74. The van der Waals surface area contributed by atoms with Crippen LogP contribution >= 0.6 is 0 Å². The van der Waals surface area contributed by atoms with E-state index in [0.29, 0.717) is 6.42 Å². The van der Waals surface area contributed by atoms with Crippen molar-refractivity contribution in [1.29, 1.82) is 0 Å². The number of hydrogen-bond acceptors (Lipinski definition) is 5. The molecule has 132 valence electrons. The fourth-order valence-corrected chi connectivity index (χ4v) is 2.84. The third-order valence-electron chi connectivity index (χ3n) is 3.79. The molecule has 0 aromatic carbocycles. The van der Waals surface area contributed by atoms with Gasteiger partial charge in [0, 0.05) is 17.2 Å². The molecule has 1 fully saturated rings. The molecule has 0 aromatic heterocycles. The minimum absolute atomic E-state index is 0.0880. The molecule has 0 heterocycles. The van der Waals surface area contributed by atoms with Crippen molar-refractivity contribution in [3.63, 3.8) is 0 Å². The lowest BCUT2D eigenvalue weighted by molar-refractivity contribution is -0.141. The van der Waals surface area contributed by atoms with Crippen LogP contribution in [0.15, 0.2) is 0 Å². The van der Waals surface area contributed by atoms with Crippen LogP contribution in [-0.2, 0) is 25.7 Å². The summed E-state index contributed by atoms with van der Waals surface area (Å²) in [5.41, 5.74) is 1.79. The number of carbonyl (C=O) groups excluding carboxylic acids is 3. The number of ketones is 1. The summed E-state index contributed by atoms with van der Waals surface area (Å²) in [5.74, 6) is -2.20. The highest BCUT2D eigenvalue weighted by atomic mass is 32.2. The molecule has 0 spiro atoms. The molecule has 1 saturated carbocycles. The molecule has 23 heavy (non-hydrogen) atoms. The Bertz CT molecular complexity index is 463. The number of carbonyl (C=O) groups is 3. The number of Topliss-reactive ketones (excluding diaryl/α,β-unsaturated/α-hetero) is 1. The fraction of sp³-hybridized carbons (Fsp3) is 0.786. The Labute approximate surface area is 138 Å². The molecule has 1 aliphatic rings. The molecule has 9 heteroatoms. The van der Waals surface area contributed by atoms with E-state index in [1.807, 2.05) is 13.8 Å². The van der Waals surface area contributed by atoms with Crippen LogP contribution in [0.5, 0.6) is 0 Å². The first-order chi connectivity index (χ1) is 10.8. The zero-order valence-electron chi connectivity index (χ0n) is 13.4. The summed E-state index contributed by atoms with van der Waals surface area (Å²) < 4.78 is 20.7. The SMILES string of the molecule is CC(C)CC(NC(=O)C1CCCCC1)C(=O)C(=O)NNS(=O)[O-]. The number of nitrogens with one attached hydrogen (secondary N) is 3. The lowest BCUT2D eigenvalue weighted by Gasteiger charge is -2.25. The molecule has 0 radical (unpaired) electrons. The van der Waals surface area contributed by atoms with Gasteiger partial charge in [-0.15, -0.1) is 0 Å². The van der Waals surface area contributed by atoms with Crippen LogP contribution in [0.2, 0.25) is 0 Å². The number of amides is 2. The van der Waals surface area contributed by atoms with E-state index in [9.17, 15) is 23.1 Å². The Kier molecular flexibility index (Phi) is 8.35. The second kappa shape index (κ2) is 9.74. The molecule has 1 aliphatic carbocycles. The lowest BCUT2D eigenvalue weighted by atomic mass is 9.88. The third kappa shape index (κ3) is 7.19. The molecule has 2 amide bonds. The van der Waals surface area contributed by atoms with Crippen LogP contribution in [0.25, 0.3) is 0 Å². The maximum absolute atomic E-state index is 12.3. The molecule has 8 nitrogen and oxygen atoms in total. The van der Waals surface area contributed by atoms with Crippen LogP contribution in [-0.4, -0.2) is 32.4 Å². The Morgan fingerprint density at radius 3 is 2.30 bits per heavy atom. The predicted molar refractivity (Wildman–Crippen MR) is 83.2 cm³/mol. The molecule has 1 rings (SSSR count). The molecular weight excluding hydrogens is 322 g/mol. The first-order valence-electron chi connectivity index (χ1n) is 7.80. The Morgan fingerprint density at radius 1 is 1.17 bits per heavy atom. The van der Waals surface area contributed by atoms with Gasteiger partial charge >= 0.3 is 5.91 Å². The van der Waals surface area contributed by atoms with E-state index in [-0.39, 0.29) is 17.7 Å². The van der Waals surface area contributed by atoms with Crippen LogP contribution in [0.1, 0.15) is 52.4 Å². The summed E-state index contributed by atoms with van der Waals surface area (Å²) in [5, 5.41) is 2.66. The minimum atomic E-state index is -2.71. The van der Waals surface area contributed by atoms with Crippen molar-refractivity contribution in [2.75, 3.05) is 0 Å². The van der Waals surface area contributed by atoms with Crippen LogP contribution < -0.4 is 15.6 Å². The summed E-state index contributed by atoms with van der Waals surface area (Å²) in [4.78, 5) is 37.7. The Morgan fingerprint density at radius 2 is 1.78 bits per heavy atom. The molecule has 3 N–H and O–H groups in total. The van der Waals surface area contributed by atoms with Crippen LogP contribution in [0.4, 0.5) is 0 Å². The van der Waals surface area contributed by atoms with Crippen molar-refractivity contribution < 1.29 is 23.1 Å². The molecular formula is C14H24N3O5S-. The van der Waals surface area contributed by atoms with Crippen LogP contribution in [0, 0.1) is 11.8 Å². The highest BCUT2D eigenvalue weighted by molar-refractivity contribution is 7.77. The second-order valence-corrected chi connectivity index (χ2v) is 6.85. The van der Waals surface area contributed by atoms with Gasteiger partial charge in [-0.2, -0.15) is 4.83 Å².